The van der Waals surface area contributed by atoms with E-state index in [1.807, 2.05) is 18.2 Å². The molecular formula is C10H7NaO4P-. The Morgan fingerprint density at radius 3 is 2.31 bits per heavy atom. The Morgan fingerprint density at radius 1 is 1.00 bits per heavy atom. The van der Waals surface area contributed by atoms with Crippen LogP contribution in [0.2, 0.25) is 0 Å². The minimum absolute atomic E-state index is 0. The number of hydrogen-bond donors (Lipinski definition) is 0. The summed E-state index contributed by atoms with van der Waals surface area (Å²) >= 11 is 0. The fourth-order valence-corrected chi connectivity index (χ4v) is 1.80. The molecule has 78 valence electrons. The molecule has 0 aromatic heterocycles. The first-order chi connectivity index (χ1) is 7.06. The fraction of sp³-hybridized carbons (Fsp3) is 0. The molecule has 0 atom stereocenters. The zero-order chi connectivity index (χ0) is 10.9. The molecule has 0 fully saturated rings. The smallest absolute Gasteiger partial charge is 0.780 e. The van der Waals surface area contributed by atoms with Crippen molar-refractivity contribution in [2.75, 3.05) is 0 Å². The average Bonchev–Trinajstić information content (AvgIpc) is 2.16. The van der Waals surface area contributed by atoms with Crippen molar-refractivity contribution in [2.24, 2.45) is 0 Å². The van der Waals surface area contributed by atoms with E-state index in [0.29, 0.717) is 5.39 Å². The molecule has 16 heavy (non-hydrogen) atoms. The van der Waals surface area contributed by atoms with Crippen molar-refractivity contribution >= 4 is 18.6 Å². The van der Waals surface area contributed by atoms with Gasteiger partial charge in [0.15, 0.2) is 0 Å². The number of phosphoric acid groups is 1. The molecule has 0 heterocycles. The summed E-state index contributed by atoms with van der Waals surface area (Å²) < 4.78 is 14.9. The molecule has 0 saturated carbocycles. The Kier molecular flexibility index (Phi) is 4.56. The Morgan fingerprint density at radius 2 is 1.62 bits per heavy atom. The quantitative estimate of drug-likeness (QED) is 0.455. The van der Waals surface area contributed by atoms with E-state index < -0.39 is 7.82 Å². The van der Waals surface area contributed by atoms with Gasteiger partial charge < -0.3 is 18.9 Å². The van der Waals surface area contributed by atoms with E-state index in [4.69, 9.17) is 0 Å². The van der Waals surface area contributed by atoms with E-state index in [1.54, 1.807) is 18.2 Å². The summed E-state index contributed by atoms with van der Waals surface area (Å²) in [6, 6.07) is 12.0. The van der Waals surface area contributed by atoms with Crippen molar-refractivity contribution in [1.82, 2.24) is 0 Å². The molecule has 4 nitrogen and oxygen atoms in total. The van der Waals surface area contributed by atoms with Crippen LogP contribution in [-0.4, -0.2) is 0 Å². The van der Waals surface area contributed by atoms with Gasteiger partial charge >= 0.3 is 29.6 Å². The summed E-state index contributed by atoms with van der Waals surface area (Å²) in [4.78, 5) is 21.0. The number of hydrogen-bond acceptors (Lipinski definition) is 4. The van der Waals surface area contributed by atoms with Gasteiger partial charge in [-0.2, -0.15) is 0 Å². The van der Waals surface area contributed by atoms with Crippen molar-refractivity contribution in [3.63, 3.8) is 0 Å². The van der Waals surface area contributed by atoms with Crippen molar-refractivity contribution in [1.29, 1.82) is 0 Å². The monoisotopic (exact) mass is 245 g/mol. The van der Waals surface area contributed by atoms with Gasteiger partial charge in [-0.25, -0.2) is 0 Å². The normalized spacial score (nSPS) is 10.9. The number of phosphoric ester groups is 1. The molecule has 2 aromatic rings. The van der Waals surface area contributed by atoms with Crippen molar-refractivity contribution < 1.29 is 48.4 Å². The van der Waals surface area contributed by atoms with Crippen LogP contribution in [0, 0.1) is 0 Å². The van der Waals surface area contributed by atoms with Crippen LogP contribution >= 0.6 is 7.82 Å². The Bertz CT molecular complexity index is 532. The number of benzene rings is 2. The van der Waals surface area contributed by atoms with E-state index in [-0.39, 0.29) is 35.3 Å². The maximum atomic E-state index is 10.5. The summed E-state index contributed by atoms with van der Waals surface area (Å²) in [5.41, 5.74) is 0. The molecule has 0 unspecified atom stereocenters. The second-order valence-corrected chi connectivity index (χ2v) is 4.09. The summed E-state index contributed by atoms with van der Waals surface area (Å²) in [5.74, 6) is 0.0708. The summed E-state index contributed by atoms with van der Waals surface area (Å²) in [5, 5.41) is 1.43. The van der Waals surface area contributed by atoms with Crippen LogP contribution in [0.1, 0.15) is 0 Å². The first kappa shape index (κ1) is 13.7. The Balaban J connectivity index is 0.00000128. The van der Waals surface area contributed by atoms with Gasteiger partial charge in [0.1, 0.15) is 13.6 Å². The van der Waals surface area contributed by atoms with Gasteiger partial charge in [0.05, 0.1) is 0 Å². The standard InChI is InChI=1S/C10H9O4P.Na/c11-15(12,13)14-10-7-3-5-8-4-1-2-6-9(8)10;/h1-7H,(H2,11,12,13);/q;+1/p-2. The average molecular weight is 245 g/mol. The number of fused-ring (bicyclic) bond motifs is 1. The first-order valence-electron chi connectivity index (χ1n) is 4.26. The molecule has 0 amide bonds. The van der Waals surface area contributed by atoms with Gasteiger partial charge in [0, 0.05) is 5.39 Å². The third kappa shape index (κ3) is 3.32. The maximum absolute atomic E-state index is 10.5. The Labute approximate surface area is 115 Å². The van der Waals surface area contributed by atoms with Crippen LogP contribution < -0.4 is 43.9 Å². The molecule has 2 rings (SSSR count). The van der Waals surface area contributed by atoms with Gasteiger partial charge in [-0.05, 0) is 11.5 Å². The molecule has 0 aliphatic carbocycles. The van der Waals surface area contributed by atoms with Crippen LogP contribution in [0.25, 0.3) is 10.8 Å². The van der Waals surface area contributed by atoms with Crippen molar-refractivity contribution in [3.8, 4) is 5.75 Å². The summed E-state index contributed by atoms with van der Waals surface area (Å²) in [6.07, 6.45) is 0. The zero-order valence-corrected chi connectivity index (χ0v) is 11.5. The number of rotatable bonds is 2. The summed E-state index contributed by atoms with van der Waals surface area (Å²) in [6.45, 7) is 0. The van der Waals surface area contributed by atoms with Gasteiger partial charge in [-0.1, -0.05) is 36.4 Å². The van der Waals surface area contributed by atoms with E-state index in [1.165, 1.54) is 6.07 Å². The molecule has 0 N–H and O–H groups in total. The van der Waals surface area contributed by atoms with Crippen molar-refractivity contribution in [2.45, 2.75) is 0 Å². The van der Waals surface area contributed by atoms with Crippen LogP contribution in [0.3, 0.4) is 0 Å². The third-order valence-electron chi connectivity index (χ3n) is 1.96. The van der Waals surface area contributed by atoms with Gasteiger partial charge in [-0.15, -0.1) is 0 Å². The van der Waals surface area contributed by atoms with E-state index in [9.17, 15) is 14.4 Å². The van der Waals surface area contributed by atoms with Crippen molar-refractivity contribution in [3.05, 3.63) is 42.5 Å². The predicted molar refractivity (Wildman–Crippen MR) is 52.2 cm³/mol. The van der Waals surface area contributed by atoms with Gasteiger partial charge in [0.25, 0.3) is 0 Å². The summed E-state index contributed by atoms with van der Waals surface area (Å²) in [7, 11) is -4.99. The molecule has 6 heteroatoms. The minimum atomic E-state index is -4.99. The van der Waals surface area contributed by atoms with E-state index in [2.05, 4.69) is 4.52 Å². The van der Waals surface area contributed by atoms with Crippen LogP contribution in [0.15, 0.2) is 42.5 Å². The van der Waals surface area contributed by atoms with Gasteiger partial charge in [0.2, 0.25) is 0 Å². The van der Waals surface area contributed by atoms with E-state index >= 15 is 0 Å². The molecule has 0 radical (unpaired) electrons. The fourth-order valence-electron chi connectivity index (χ4n) is 1.40. The molecule has 0 bridgehead atoms. The molecule has 0 saturated heterocycles. The molecule has 0 aliphatic rings. The SMILES string of the molecule is O=P([O-])([O-])Oc1cccc2ccccc12.[Na+]. The topological polar surface area (TPSA) is 72.4 Å². The van der Waals surface area contributed by atoms with Crippen LogP contribution in [0.5, 0.6) is 5.75 Å². The van der Waals surface area contributed by atoms with Crippen LogP contribution in [-0.2, 0) is 4.57 Å². The molecule has 2 aromatic carbocycles. The predicted octanol–water partition coefficient (Wildman–Crippen LogP) is -1.95. The first-order valence-corrected chi connectivity index (χ1v) is 5.72. The largest absolute Gasteiger partial charge is 1.00 e. The Hall–Kier alpha value is -0.350. The molecule has 0 spiro atoms. The third-order valence-corrected chi connectivity index (χ3v) is 2.38. The zero-order valence-electron chi connectivity index (χ0n) is 8.62. The van der Waals surface area contributed by atoms with E-state index in [0.717, 1.165) is 5.39 Å². The minimum Gasteiger partial charge on any atom is -0.780 e. The van der Waals surface area contributed by atoms with Gasteiger partial charge in [-0.3, -0.25) is 0 Å². The maximum Gasteiger partial charge on any atom is 1.00 e. The second-order valence-electron chi connectivity index (χ2n) is 3.02. The second kappa shape index (κ2) is 5.32. The van der Waals surface area contributed by atoms with Crippen LogP contribution in [0.4, 0.5) is 0 Å². The molecule has 0 aliphatic heterocycles. The molecular weight excluding hydrogens is 238 g/mol.